The van der Waals surface area contributed by atoms with E-state index in [2.05, 4.69) is 39.4 Å². The van der Waals surface area contributed by atoms with Gasteiger partial charge in [-0.2, -0.15) is 0 Å². The molecule has 19 heavy (non-hydrogen) atoms. The molecule has 1 atom stereocenters. The number of aryl methyl sites for hydroxylation is 1. The average molecular weight is 292 g/mol. The van der Waals surface area contributed by atoms with E-state index in [4.69, 9.17) is 5.84 Å². The van der Waals surface area contributed by atoms with Crippen molar-refractivity contribution in [3.8, 4) is 0 Å². The van der Waals surface area contributed by atoms with Crippen LogP contribution in [-0.2, 0) is 6.54 Å². The molecule has 0 amide bonds. The molecule has 0 aliphatic carbocycles. The number of hydrogen-bond acceptors (Lipinski definition) is 5. The lowest BCUT2D eigenvalue weighted by atomic mass is 10.2. The van der Waals surface area contributed by atoms with Crippen LogP contribution in [0.4, 0.5) is 0 Å². The first-order valence-electron chi connectivity index (χ1n) is 6.27. The van der Waals surface area contributed by atoms with Gasteiger partial charge >= 0.3 is 0 Å². The van der Waals surface area contributed by atoms with E-state index in [1.54, 1.807) is 22.7 Å². The zero-order valence-corrected chi connectivity index (χ0v) is 12.3. The number of hydrogen-bond donors (Lipinski definition) is 2. The van der Waals surface area contributed by atoms with E-state index >= 15 is 0 Å². The normalized spacial score (nSPS) is 13.2. The first-order chi connectivity index (χ1) is 9.33. The van der Waals surface area contributed by atoms with Gasteiger partial charge in [-0.05, 0) is 23.9 Å². The van der Waals surface area contributed by atoms with Crippen LogP contribution in [0.15, 0.2) is 29.9 Å². The van der Waals surface area contributed by atoms with Crippen LogP contribution in [0.3, 0.4) is 0 Å². The summed E-state index contributed by atoms with van der Waals surface area (Å²) < 4.78 is 4.79. The molecular formula is C13H16N4S2. The van der Waals surface area contributed by atoms with Crippen molar-refractivity contribution in [2.24, 2.45) is 5.84 Å². The maximum absolute atomic E-state index is 5.76. The van der Waals surface area contributed by atoms with Crippen molar-refractivity contribution >= 4 is 32.1 Å². The quantitative estimate of drug-likeness (QED) is 0.561. The zero-order chi connectivity index (χ0) is 13.2. The number of thiophene rings is 2. The second-order valence-corrected chi connectivity index (χ2v) is 6.44. The van der Waals surface area contributed by atoms with Gasteiger partial charge in [-0.25, -0.2) is 10.4 Å². The monoisotopic (exact) mass is 292 g/mol. The Morgan fingerprint density at radius 1 is 1.47 bits per heavy atom. The smallest absolute Gasteiger partial charge is 0.132 e. The van der Waals surface area contributed by atoms with Crippen molar-refractivity contribution in [1.29, 1.82) is 0 Å². The summed E-state index contributed by atoms with van der Waals surface area (Å²) >= 11 is 3.54. The van der Waals surface area contributed by atoms with Gasteiger partial charge in [0.2, 0.25) is 0 Å². The van der Waals surface area contributed by atoms with Gasteiger partial charge in [-0.15, -0.1) is 22.7 Å². The molecule has 4 nitrogen and oxygen atoms in total. The molecule has 0 saturated carbocycles. The Balaban J connectivity index is 1.99. The first-order valence-corrected chi connectivity index (χ1v) is 7.97. The van der Waals surface area contributed by atoms with Gasteiger partial charge in [0, 0.05) is 33.2 Å². The summed E-state index contributed by atoms with van der Waals surface area (Å²) in [4.78, 5) is 5.68. The highest BCUT2D eigenvalue weighted by molar-refractivity contribution is 7.26. The molecule has 3 heterocycles. The van der Waals surface area contributed by atoms with Crippen LogP contribution in [0.1, 0.15) is 30.1 Å². The predicted octanol–water partition coefficient (Wildman–Crippen LogP) is 3.12. The molecule has 6 heteroatoms. The number of nitrogens with zero attached hydrogens (tertiary/aromatic N) is 2. The topological polar surface area (TPSA) is 55.9 Å². The lowest BCUT2D eigenvalue weighted by Crippen LogP contribution is -2.30. The Morgan fingerprint density at radius 2 is 2.37 bits per heavy atom. The fourth-order valence-corrected chi connectivity index (χ4v) is 4.40. The van der Waals surface area contributed by atoms with Crippen LogP contribution < -0.4 is 11.3 Å². The predicted molar refractivity (Wildman–Crippen MR) is 81.4 cm³/mol. The Labute approximate surface area is 119 Å². The fourth-order valence-electron chi connectivity index (χ4n) is 2.22. The lowest BCUT2D eigenvalue weighted by molar-refractivity contribution is 0.551. The molecule has 0 aliphatic rings. The SMILES string of the molecule is CCCn1ccnc1C(NN)c1cc2sccc2s1. The summed E-state index contributed by atoms with van der Waals surface area (Å²) in [6.45, 7) is 3.13. The highest BCUT2D eigenvalue weighted by atomic mass is 32.1. The third-order valence-corrected chi connectivity index (χ3v) is 5.24. The molecule has 3 aromatic heterocycles. The molecule has 1 unspecified atom stereocenters. The van der Waals surface area contributed by atoms with E-state index in [-0.39, 0.29) is 6.04 Å². The molecule has 0 aliphatic heterocycles. The van der Waals surface area contributed by atoms with Crippen LogP contribution in [0, 0.1) is 0 Å². The van der Waals surface area contributed by atoms with Gasteiger partial charge in [0.05, 0.1) is 0 Å². The summed E-state index contributed by atoms with van der Waals surface area (Å²) in [6.07, 6.45) is 4.94. The molecule has 0 bridgehead atoms. The van der Waals surface area contributed by atoms with Crippen molar-refractivity contribution in [3.05, 3.63) is 40.6 Å². The third-order valence-electron chi connectivity index (χ3n) is 3.08. The molecule has 100 valence electrons. The van der Waals surface area contributed by atoms with E-state index in [0.29, 0.717) is 0 Å². The fraction of sp³-hybridized carbons (Fsp3) is 0.308. The molecule has 0 radical (unpaired) electrons. The maximum Gasteiger partial charge on any atom is 0.132 e. The minimum absolute atomic E-state index is 0.0360. The molecule has 3 N–H and O–H groups in total. The highest BCUT2D eigenvalue weighted by Crippen LogP contribution is 2.35. The Bertz CT molecular complexity index is 638. The van der Waals surface area contributed by atoms with Crippen molar-refractivity contribution in [2.45, 2.75) is 25.9 Å². The van der Waals surface area contributed by atoms with Crippen LogP contribution in [0.2, 0.25) is 0 Å². The molecule has 0 aromatic carbocycles. The number of nitrogens with two attached hydrogens (primary N) is 1. The molecule has 0 saturated heterocycles. The van der Waals surface area contributed by atoms with Crippen LogP contribution in [0.25, 0.3) is 9.40 Å². The maximum atomic E-state index is 5.76. The van der Waals surface area contributed by atoms with E-state index in [1.807, 2.05) is 12.4 Å². The number of aromatic nitrogens is 2. The summed E-state index contributed by atoms with van der Waals surface area (Å²) in [5.74, 6) is 6.74. The first kappa shape index (κ1) is 12.8. The third kappa shape index (κ3) is 2.32. The summed E-state index contributed by atoms with van der Waals surface area (Å²) in [6, 6.07) is 4.33. The van der Waals surface area contributed by atoms with Crippen molar-refractivity contribution in [2.75, 3.05) is 0 Å². The Morgan fingerprint density at radius 3 is 3.11 bits per heavy atom. The summed E-state index contributed by atoms with van der Waals surface area (Å²) in [7, 11) is 0. The van der Waals surface area contributed by atoms with E-state index in [1.165, 1.54) is 14.3 Å². The van der Waals surface area contributed by atoms with Crippen LogP contribution >= 0.6 is 22.7 Å². The van der Waals surface area contributed by atoms with E-state index < -0.39 is 0 Å². The lowest BCUT2D eigenvalue weighted by Gasteiger charge is -2.15. The zero-order valence-electron chi connectivity index (χ0n) is 10.7. The number of rotatable bonds is 5. The van der Waals surface area contributed by atoms with Crippen molar-refractivity contribution in [1.82, 2.24) is 15.0 Å². The number of hydrazine groups is 1. The number of nitrogens with one attached hydrogen (secondary N) is 1. The Kier molecular flexibility index (Phi) is 3.65. The van der Waals surface area contributed by atoms with Gasteiger partial charge in [0.25, 0.3) is 0 Å². The Hall–Kier alpha value is -1.21. The highest BCUT2D eigenvalue weighted by Gasteiger charge is 2.20. The van der Waals surface area contributed by atoms with Gasteiger partial charge in [0.15, 0.2) is 0 Å². The van der Waals surface area contributed by atoms with Gasteiger partial charge < -0.3 is 4.57 Å². The standard InChI is InChI=1S/C13H16N4S2/c1-2-5-17-6-4-15-13(17)12(16-14)11-8-10-9(19-11)3-7-18-10/h3-4,6-8,12,16H,2,5,14H2,1H3. The summed E-state index contributed by atoms with van der Waals surface area (Å²) in [5.41, 5.74) is 2.90. The minimum Gasteiger partial charge on any atom is -0.333 e. The number of imidazole rings is 1. The van der Waals surface area contributed by atoms with Crippen molar-refractivity contribution in [3.63, 3.8) is 0 Å². The summed E-state index contributed by atoms with van der Waals surface area (Å²) in [5, 5.41) is 2.12. The van der Waals surface area contributed by atoms with Gasteiger partial charge in [-0.1, -0.05) is 6.92 Å². The van der Waals surface area contributed by atoms with Gasteiger partial charge in [0.1, 0.15) is 11.9 Å². The average Bonchev–Trinajstić information content (AvgIpc) is 3.07. The number of fused-ring (bicyclic) bond motifs is 1. The molecule has 3 rings (SSSR count). The largest absolute Gasteiger partial charge is 0.333 e. The molecule has 0 fully saturated rings. The molecule has 3 aromatic rings. The second-order valence-electron chi connectivity index (χ2n) is 4.38. The molecular weight excluding hydrogens is 276 g/mol. The molecule has 0 spiro atoms. The van der Waals surface area contributed by atoms with E-state index in [0.717, 1.165) is 18.8 Å². The van der Waals surface area contributed by atoms with Gasteiger partial charge in [-0.3, -0.25) is 5.84 Å². The second kappa shape index (κ2) is 5.42. The minimum atomic E-state index is -0.0360. The van der Waals surface area contributed by atoms with Crippen molar-refractivity contribution < 1.29 is 0 Å². The van der Waals surface area contributed by atoms with Crippen LogP contribution in [0.5, 0.6) is 0 Å². The van der Waals surface area contributed by atoms with E-state index in [9.17, 15) is 0 Å². The van der Waals surface area contributed by atoms with Crippen LogP contribution in [-0.4, -0.2) is 9.55 Å².